The average molecular weight is 387 g/mol. The van der Waals surface area contributed by atoms with Crippen molar-refractivity contribution in [3.63, 3.8) is 0 Å². The molecule has 0 aliphatic rings. The number of benzene rings is 2. The van der Waals surface area contributed by atoms with E-state index in [1.165, 1.54) is 22.9 Å². The van der Waals surface area contributed by atoms with Gasteiger partial charge in [-0.25, -0.2) is 9.59 Å². The van der Waals surface area contributed by atoms with Gasteiger partial charge in [0.05, 0.1) is 11.1 Å². The molecule has 116 valence electrons. The molecule has 0 aliphatic carbocycles. The number of carboxylic acids is 2. The molecule has 0 saturated carbocycles. The van der Waals surface area contributed by atoms with Crippen LogP contribution in [0.25, 0.3) is 10.8 Å². The fourth-order valence-corrected chi connectivity index (χ4v) is 2.06. The summed E-state index contributed by atoms with van der Waals surface area (Å²) in [6.45, 7) is 1.62. The van der Waals surface area contributed by atoms with Crippen molar-refractivity contribution in [3.05, 3.63) is 77.4 Å². The van der Waals surface area contributed by atoms with Crippen LogP contribution in [0.1, 0.15) is 26.3 Å². The van der Waals surface area contributed by atoms with Crippen molar-refractivity contribution >= 4 is 22.7 Å². The Hall–Kier alpha value is -2.13. The van der Waals surface area contributed by atoms with E-state index in [-0.39, 0.29) is 37.3 Å². The van der Waals surface area contributed by atoms with Gasteiger partial charge in [0, 0.05) is 26.2 Å². The van der Waals surface area contributed by atoms with Crippen LogP contribution in [0.3, 0.4) is 0 Å². The van der Waals surface area contributed by atoms with Crippen LogP contribution < -0.4 is 0 Å². The summed E-state index contributed by atoms with van der Waals surface area (Å²) < 4.78 is 0. The van der Waals surface area contributed by atoms with E-state index in [1.54, 1.807) is 6.92 Å². The Labute approximate surface area is 152 Å². The number of hydrogen-bond acceptors (Lipinski definition) is 2. The fourth-order valence-electron chi connectivity index (χ4n) is 2.06. The first kappa shape index (κ1) is 18.9. The number of fused-ring (bicyclic) bond motifs is 1. The van der Waals surface area contributed by atoms with Crippen LogP contribution in [0, 0.1) is 6.92 Å². The zero-order chi connectivity index (χ0) is 16.1. The van der Waals surface area contributed by atoms with Gasteiger partial charge in [-0.1, -0.05) is 12.1 Å². The normalized spacial score (nSPS) is 9.43. The molecule has 0 bridgehead atoms. The first-order chi connectivity index (χ1) is 10.5. The Balaban J connectivity index is 0.000000232. The molecule has 4 nitrogen and oxygen atoms in total. The SMILES string of the molecule is Cc1ccc(C(=O)O)cc1C(=O)O.[Zr].c1ccc2[cH-]ccc2c1. The average Bonchev–Trinajstić information content (AvgIpc) is 2.96. The quantitative estimate of drug-likeness (QED) is 0.654. The van der Waals surface area contributed by atoms with E-state index in [2.05, 4.69) is 42.5 Å². The molecule has 0 heterocycles. The third kappa shape index (κ3) is 4.93. The molecule has 2 N–H and O–H groups in total. The number of hydrogen-bond donors (Lipinski definition) is 2. The molecule has 0 radical (unpaired) electrons. The van der Waals surface area contributed by atoms with Crippen molar-refractivity contribution in [1.82, 2.24) is 0 Å². The zero-order valence-electron chi connectivity index (χ0n) is 12.5. The predicted octanol–water partition coefficient (Wildman–Crippen LogP) is 3.95. The zero-order valence-corrected chi connectivity index (χ0v) is 14.9. The largest absolute Gasteiger partial charge is 0.478 e. The van der Waals surface area contributed by atoms with E-state index < -0.39 is 11.9 Å². The maximum absolute atomic E-state index is 10.6. The van der Waals surface area contributed by atoms with E-state index in [0.29, 0.717) is 5.56 Å². The Bertz CT molecular complexity index is 791. The minimum atomic E-state index is -1.12. The number of aryl methyl sites for hydroxylation is 1. The van der Waals surface area contributed by atoms with Crippen molar-refractivity contribution in [2.75, 3.05) is 0 Å². The summed E-state index contributed by atoms with van der Waals surface area (Å²) in [5, 5.41) is 19.9. The summed E-state index contributed by atoms with van der Waals surface area (Å²) in [6, 6.07) is 18.7. The van der Waals surface area contributed by atoms with Gasteiger partial charge in [-0.3, -0.25) is 0 Å². The van der Waals surface area contributed by atoms with Crippen molar-refractivity contribution in [2.24, 2.45) is 0 Å². The maximum atomic E-state index is 10.6. The van der Waals surface area contributed by atoms with Crippen LogP contribution >= 0.6 is 0 Å². The van der Waals surface area contributed by atoms with Gasteiger partial charge in [0.1, 0.15) is 0 Å². The summed E-state index contributed by atoms with van der Waals surface area (Å²) in [4.78, 5) is 21.1. The van der Waals surface area contributed by atoms with E-state index in [9.17, 15) is 9.59 Å². The molecule has 5 heteroatoms. The second-order valence-corrected chi connectivity index (χ2v) is 4.79. The Morgan fingerprint density at radius 2 is 1.65 bits per heavy atom. The van der Waals surface area contributed by atoms with Crippen LogP contribution in [0.4, 0.5) is 0 Å². The molecule has 3 rings (SSSR count). The standard InChI is InChI=1S/C9H8O4.C9H7.Zr/c1-5-2-3-6(8(10)11)4-7(5)9(12)13;1-2-5-9-7-3-6-8(9)4-1;/h2-4H,1H3,(H,10,11)(H,12,13);1-7H;/q;-1;. The molecule has 3 aromatic carbocycles. The smallest absolute Gasteiger partial charge is 0.335 e. The van der Waals surface area contributed by atoms with Gasteiger partial charge < -0.3 is 10.2 Å². The van der Waals surface area contributed by atoms with Crippen LogP contribution in [0.2, 0.25) is 0 Å². The molecular weight excluding hydrogens is 371 g/mol. The molecule has 0 unspecified atom stereocenters. The fraction of sp³-hybridized carbons (Fsp3) is 0.0556. The van der Waals surface area contributed by atoms with Gasteiger partial charge in [0.2, 0.25) is 0 Å². The minimum absolute atomic E-state index is 0. The van der Waals surface area contributed by atoms with E-state index in [1.807, 2.05) is 0 Å². The van der Waals surface area contributed by atoms with Gasteiger partial charge in [-0.2, -0.15) is 17.5 Å². The second-order valence-electron chi connectivity index (χ2n) is 4.79. The Morgan fingerprint density at radius 1 is 0.957 bits per heavy atom. The number of aromatic carboxylic acids is 2. The van der Waals surface area contributed by atoms with Crippen molar-refractivity contribution < 1.29 is 46.0 Å². The minimum Gasteiger partial charge on any atom is -0.478 e. The van der Waals surface area contributed by atoms with Gasteiger partial charge >= 0.3 is 11.9 Å². The van der Waals surface area contributed by atoms with Crippen LogP contribution in [0.15, 0.2) is 60.7 Å². The number of rotatable bonds is 2. The third-order valence-electron chi connectivity index (χ3n) is 3.26. The first-order valence-electron chi connectivity index (χ1n) is 6.66. The van der Waals surface area contributed by atoms with Crippen LogP contribution in [0.5, 0.6) is 0 Å². The Morgan fingerprint density at radius 3 is 2.26 bits per heavy atom. The summed E-state index contributed by atoms with van der Waals surface area (Å²) in [7, 11) is 0. The molecule has 0 spiro atoms. The molecule has 23 heavy (non-hydrogen) atoms. The first-order valence-corrected chi connectivity index (χ1v) is 6.66. The van der Waals surface area contributed by atoms with Crippen LogP contribution in [-0.2, 0) is 26.2 Å². The summed E-state index contributed by atoms with van der Waals surface area (Å²) in [6.07, 6.45) is 0. The van der Waals surface area contributed by atoms with E-state index in [4.69, 9.17) is 10.2 Å². The molecule has 0 amide bonds. The molecule has 0 aliphatic heterocycles. The summed E-state index contributed by atoms with van der Waals surface area (Å²) in [5.41, 5.74) is 0.570. The Kier molecular flexibility index (Phi) is 6.99. The number of carbonyl (C=O) groups is 2. The monoisotopic (exact) mass is 385 g/mol. The summed E-state index contributed by atoms with van der Waals surface area (Å²) in [5.74, 6) is -2.23. The molecule has 0 aromatic heterocycles. The maximum Gasteiger partial charge on any atom is 0.335 e. The van der Waals surface area contributed by atoms with E-state index >= 15 is 0 Å². The molecular formula is C18H15O4Zr-. The second kappa shape index (κ2) is 8.49. The number of carboxylic acid groups (broad SMARTS) is 2. The topological polar surface area (TPSA) is 74.6 Å². The molecule has 0 fully saturated rings. The van der Waals surface area contributed by atoms with Crippen molar-refractivity contribution in [2.45, 2.75) is 6.92 Å². The molecule has 0 saturated heterocycles. The molecule has 0 atom stereocenters. The van der Waals surface area contributed by atoms with Crippen LogP contribution in [-0.4, -0.2) is 22.2 Å². The van der Waals surface area contributed by atoms with E-state index in [0.717, 1.165) is 6.07 Å². The predicted molar refractivity (Wildman–Crippen MR) is 84.6 cm³/mol. The van der Waals surface area contributed by atoms with Gasteiger partial charge in [-0.05, 0) is 24.6 Å². The van der Waals surface area contributed by atoms with Gasteiger partial charge in [0.15, 0.2) is 0 Å². The van der Waals surface area contributed by atoms with Gasteiger partial charge in [0.25, 0.3) is 0 Å². The molecule has 3 aromatic rings. The van der Waals surface area contributed by atoms with Crippen molar-refractivity contribution in [3.8, 4) is 0 Å². The van der Waals surface area contributed by atoms with Crippen molar-refractivity contribution in [1.29, 1.82) is 0 Å². The third-order valence-corrected chi connectivity index (χ3v) is 3.26. The van der Waals surface area contributed by atoms with Gasteiger partial charge in [-0.15, -0.1) is 29.7 Å². The summed E-state index contributed by atoms with van der Waals surface area (Å²) >= 11 is 0.